The van der Waals surface area contributed by atoms with E-state index in [0.29, 0.717) is 40.8 Å². The van der Waals surface area contributed by atoms with Crippen molar-refractivity contribution in [2.45, 2.75) is 13.0 Å². The minimum absolute atomic E-state index is 0.0321. The van der Waals surface area contributed by atoms with Gasteiger partial charge in [0.2, 0.25) is 0 Å². The van der Waals surface area contributed by atoms with E-state index in [0.717, 1.165) is 17.3 Å². The van der Waals surface area contributed by atoms with Crippen molar-refractivity contribution in [1.82, 2.24) is 4.90 Å². The zero-order valence-electron chi connectivity index (χ0n) is 16.6. The van der Waals surface area contributed by atoms with Crippen LogP contribution in [0.1, 0.15) is 17.5 Å². The summed E-state index contributed by atoms with van der Waals surface area (Å²) in [7, 11) is 1.51. The van der Waals surface area contributed by atoms with Crippen molar-refractivity contribution in [3.63, 3.8) is 0 Å². The Kier molecular flexibility index (Phi) is 8.46. The third kappa shape index (κ3) is 5.96. The van der Waals surface area contributed by atoms with Gasteiger partial charge >= 0.3 is 5.97 Å². The number of halogens is 3. The maximum absolute atomic E-state index is 12.6. The molecular formula is C21H16BrCl2NO5S2. The van der Waals surface area contributed by atoms with Gasteiger partial charge in [0.15, 0.2) is 11.5 Å². The first-order valence-corrected chi connectivity index (χ1v) is 11.9. The number of methoxy groups -OCH3 is 1. The summed E-state index contributed by atoms with van der Waals surface area (Å²) in [5.41, 5.74) is 1.45. The topological polar surface area (TPSA) is 76.1 Å². The van der Waals surface area contributed by atoms with E-state index in [4.69, 9.17) is 50.0 Å². The van der Waals surface area contributed by atoms with E-state index in [2.05, 4.69) is 15.9 Å². The summed E-state index contributed by atoms with van der Waals surface area (Å²) in [5, 5.41) is 9.89. The zero-order valence-corrected chi connectivity index (χ0v) is 21.3. The molecule has 1 aliphatic heterocycles. The number of carboxylic acid groups (broad SMARTS) is 1. The van der Waals surface area contributed by atoms with Gasteiger partial charge < -0.3 is 14.6 Å². The van der Waals surface area contributed by atoms with E-state index < -0.39 is 5.97 Å². The molecule has 2 aromatic carbocycles. The van der Waals surface area contributed by atoms with Crippen LogP contribution in [0.5, 0.6) is 11.5 Å². The minimum Gasteiger partial charge on any atom is -0.493 e. The van der Waals surface area contributed by atoms with Crippen molar-refractivity contribution in [3.8, 4) is 11.5 Å². The van der Waals surface area contributed by atoms with Gasteiger partial charge in [0.25, 0.3) is 5.91 Å². The highest BCUT2D eigenvalue weighted by Crippen LogP contribution is 2.40. The number of carbonyl (C=O) groups excluding carboxylic acids is 1. The number of thioether (sulfide) groups is 1. The van der Waals surface area contributed by atoms with Crippen molar-refractivity contribution >= 4 is 85.4 Å². The number of ether oxygens (including phenoxy) is 2. The summed E-state index contributed by atoms with van der Waals surface area (Å²) in [6.07, 6.45) is 1.50. The zero-order chi connectivity index (χ0) is 23.4. The van der Waals surface area contributed by atoms with Crippen molar-refractivity contribution in [3.05, 3.63) is 60.9 Å². The van der Waals surface area contributed by atoms with Crippen LogP contribution in [0, 0.1) is 0 Å². The first-order valence-electron chi connectivity index (χ1n) is 9.11. The van der Waals surface area contributed by atoms with Crippen LogP contribution in [0.25, 0.3) is 6.08 Å². The Labute approximate surface area is 212 Å². The third-order valence-electron chi connectivity index (χ3n) is 4.36. The highest BCUT2D eigenvalue weighted by molar-refractivity contribution is 9.10. The minimum atomic E-state index is -0.993. The predicted molar refractivity (Wildman–Crippen MR) is 134 cm³/mol. The van der Waals surface area contributed by atoms with Crippen LogP contribution in [0.4, 0.5) is 0 Å². The van der Waals surface area contributed by atoms with Crippen LogP contribution in [0.15, 0.2) is 39.7 Å². The second kappa shape index (κ2) is 10.9. The number of carboxylic acids is 1. The van der Waals surface area contributed by atoms with Gasteiger partial charge in [-0.05, 0) is 51.8 Å². The first-order chi connectivity index (χ1) is 15.2. The van der Waals surface area contributed by atoms with Gasteiger partial charge in [0.1, 0.15) is 10.9 Å². The van der Waals surface area contributed by atoms with Crippen LogP contribution >= 0.6 is 63.1 Å². The Morgan fingerprint density at radius 1 is 1.31 bits per heavy atom. The highest BCUT2D eigenvalue weighted by atomic mass is 79.9. The number of carbonyl (C=O) groups is 2. The van der Waals surface area contributed by atoms with E-state index in [1.807, 2.05) is 0 Å². The highest BCUT2D eigenvalue weighted by Gasteiger charge is 2.32. The lowest BCUT2D eigenvalue weighted by atomic mass is 10.1. The fourth-order valence-corrected chi connectivity index (χ4v) is 5.15. The van der Waals surface area contributed by atoms with Gasteiger partial charge in [-0.3, -0.25) is 14.5 Å². The van der Waals surface area contributed by atoms with E-state index in [-0.39, 0.29) is 25.5 Å². The molecule has 0 radical (unpaired) electrons. The molecule has 1 amide bonds. The Balaban J connectivity index is 1.81. The standard InChI is InChI=1S/C21H16BrCl2NO5S2/c1-29-16-7-11(8-17-20(28)25(21(31)32-17)5-4-18(26)27)6-14(22)19(16)30-10-12-2-3-13(23)9-15(12)24/h2-3,6-9H,4-5,10H2,1H3,(H,26,27)/b17-8+. The number of aliphatic carboxylic acids is 1. The summed E-state index contributed by atoms with van der Waals surface area (Å²) < 4.78 is 12.3. The van der Waals surface area contributed by atoms with Gasteiger partial charge in [-0.2, -0.15) is 0 Å². The lowest BCUT2D eigenvalue weighted by Gasteiger charge is -2.14. The van der Waals surface area contributed by atoms with Gasteiger partial charge in [0, 0.05) is 22.2 Å². The summed E-state index contributed by atoms with van der Waals surface area (Å²) in [5.74, 6) is -0.386. The number of rotatable bonds is 8. The number of hydrogen-bond donors (Lipinski definition) is 1. The molecule has 2 aromatic rings. The molecule has 1 aliphatic rings. The van der Waals surface area contributed by atoms with Crippen molar-refractivity contribution in [1.29, 1.82) is 0 Å². The molecule has 168 valence electrons. The Bertz CT molecular complexity index is 1130. The Morgan fingerprint density at radius 2 is 2.06 bits per heavy atom. The first kappa shape index (κ1) is 24.9. The number of amides is 1. The second-order valence-corrected chi connectivity index (χ2v) is 9.91. The molecule has 3 rings (SSSR count). The van der Waals surface area contributed by atoms with Crippen LogP contribution in [-0.4, -0.2) is 39.9 Å². The number of thiocarbonyl (C=S) groups is 1. The lowest BCUT2D eigenvalue weighted by Crippen LogP contribution is -2.30. The summed E-state index contributed by atoms with van der Waals surface area (Å²) in [4.78, 5) is 25.1. The van der Waals surface area contributed by atoms with E-state index in [9.17, 15) is 9.59 Å². The van der Waals surface area contributed by atoms with Crippen LogP contribution in [0.2, 0.25) is 10.0 Å². The molecule has 1 heterocycles. The molecule has 0 aromatic heterocycles. The normalized spacial score (nSPS) is 14.9. The second-order valence-electron chi connectivity index (χ2n) is 6.54. The monoisotopic (exact) mass is 575 g/mol. The largest absolute Gasteiger partial charge is 0.493 e. The Morgan fingerprint density at radius 3 is 2.72 bits per heavy atom. The smallest absolute Gasteiger partial charge is 0.305 e. The number of hydrogen-bond acceptors (Lipinski definition) is 6. The lowest BCUT2D eigenvalue weighted by molar-refractivity contribution is -0.137. The molecule has 0 aliphatic carbocycles. The average molecular weight is 577 g/mol. The number of benzene rings is 2. The molecule has 0 spiro atoms. The number of nitrogens with zero attached hydrogens (tertiary/aromatic N) is 1. The summed E-state index contributed by atoms with van der Waals surface area (Å²) in [6.45, 7) is 0.233. The third-order valence-corrected chi connectivity index (χ3v) is 6.91. The molecule has 11 heteroatoms. The van der Waals surface area contributed by atoms with Gasteiger partial charge in [-0.1, -0.05) is 53.2 Å². The molecular weight excluding hydrogens is 561 g/mol. The molecule has 0 atom stereocenters. The van der Waals surface area contributed by atoms with Gasteiger partial charge in [-0.15, -0.1) is 0 Å². The van der Waals surface area contributed by atoms with Crippen molar-refractivity contribution < 1.29 is 24.2 Å². The van der Waals surface area contributed by atoms with Crippen LogP contribution < -0.4 is 9.47 Å². The Hall–Kier alpha value is -1.78. The summed E-state index contributed by atoms with van der Waals surface area (Å²) >= 11 is 22.0. The molecule has 1 N–H and O–H groups in total. The maximum Gasteiger partial charge on any atom is 0.305 e. The molecule has 0 bridgehead atoms. The van der Waals surface area contributed by atoms with Crippen LogP contribution in [0.3, 0.4) is 0 Å². The average Bonchev–Trinajstić information content (AvgIpc) is 2.99. The molecule has 0 unspecified atom stereocenters. The molecule has 1 saturated heterocycles. The van der Waals surface area contributed by atoms with E-state index in [1.54, 1.807) is 36.4 Å². The SMILES string of the molecule is COc1cc(/C=C2/SC(=S)N(CCC(=O)O)C2=O)cc(Br)c1OCc1ccc(Cl)cc1Cl. The quantitative estimate of drug-likeness (QED) is 0.304. The summed E-state index contributed by atoms with van der Waals surface area (Å²) in [6, 6.07) is 8.67. The van der Waals surface area contributed by atoms with Crippen molar-refractivity contribution in [2.24, 2.45) is 0 Å². The van der Waals surface area contributed by atoms with E-state index >= 15 is 0 Å². The molecule has 1 fully saturated rings. The van der Waals surface area contributed by atoms with E-state index in [1.165, 1.54) is 12.0 Å². The van der Waals surface area contributed by atoms with Crippen LogP contribution in [-0.2, 0) is 16.2 Å². The fraction of sp³-hybridized carbons (Fsp3) is 0.190. The molecule has 6 nitrogen and oxygen atoms in total. The predicted octanol–water partition coefficient (Wildman–Crippen LogP) is 6.02. The fourth-order valence-electron chi connectivity index (χ4n) is 2.80. The molecule has 32 heavy (non-hydrogen) atoms. The molecule has 0 saturated carbocycles. The van der Waals surface area contributed by atoms with Gasteiger partial charge in [-0.25, -0.2) is 0 Å². The van der Waals surface area contributed by atoms with Crippen molar-refractivity contribution in [2.75, 3.05) is 13.7 Å². The van der Waals surface area contributed by atoms with Gasteiger partial charge in [0.05, 0.1) is 22.9 Å². The maximum atomic E-state index is 12.6.